The third-order valence-corrected chi connectivity index (χ3v) is 5.91. The van der Waals surface area contributed by atoms with E-state index in [1.807, 2.05) is 19.4 Å². The van der Waals surface area contributed by atoms with Crippen LogP contribution in [-0.4, -0.2) is 53.1 Å². The number of hydrogen-bond acceptors (Lipinski definition) is 4. The van der Waals surface area contributed by atoms with E-state index in [1.165, 1.54) is 18.4 Å². The van der Waals surface area contributed by atoms with E-state index in [-0.39, 0.29) is 0 Å². The molecule has 148 valence electrons. The Morgan fingerprint density at radius 3 is 2.85 bits per heavy atom. The second-order valence-electron chi connectivity index (χ2n) is 7.20. The van der Waals surface area contributed by atoms with Gasteiger partial charge in [-0.1, -0.05) is 0 Å². The number of hydrogen-bond donors (Lipinski definition) is 2. The Morgan fingerprint density at radius 2 is 2.19 bits per heavy atom. The number of thiophene rings is 1. The van der Waals surface area contributed by atoms with E-state index in [4.69, 9.17) is 0 Å². The number of guanidine groups is 1. The third-order valence-electron chi connectivity index (χ3n) is 5.18. The number of nitrogens with zero attached hydrogens (tertiary/aromatic N) is 4. The summed E-state index contributed by atoms with van der Waals surface area (Å²) in [6, 6.07) is 2.75. The van der Waals surface area contributed by atoms with E-state index in [1.54, 1.807) is 11.3 Å². The standard InChI is InChI=1S/C20H32N6S/c1-17-22-9-13-26(17)10-4-3-8-23-20(21-2)24-19-5-11-25(12-6-19)15-18-7-14-27-16-18/h7,9,13-14,16,19H,3-6,8,10-12,15H2,1-2H3,(H2,21,23,24). The van der Waals surface area contributed by atoms with Gasteiger partial charge in [0.1, 0.15) is 5.82 Å². The zero-order valence-corrected chi connectivity index (χ0v) is 17.3. The molecule has 1 fully saturated rings. The summed E-state index contributed by atoms with van der Waals surface area (Å²) in [5, 5.41) is 11.5. The van der Waals surface area contributed by atoms with Crippen molar-refractivity contribution >= 4 is 17.3 Å². The van der Waals surface area contributed by atoms with Crippen LogP contribution in [0.5, 0.6) is 0 Å². The largest absolute Gasteiger partial charge is 0.356 e. The number of aliphatic imine (C=N–C) groups is 1. The molecule has 3 heterocycles. The summed E-state index contributed by atoms with van der Waals surface area (Å²) in [5.41, 5.74) is 1.44. The molecular weight excluding hydrogens is 356 g/mol. The first-order valence-corrected chi connectivity index (χ1v) is 10.9. The second-order valence-corrected chi connectivity index (χ2v) is 7.98. The van der Waals surface area contributed by atoms with E-state index in [9.17, 15) is 0 Å². The minimum atomic E-state index is 0.517. The van der Waals surface area contributed by atoms with E-state index < -0.39 is 0 Å². The predicted molar refractivity (Wildman–Crippen MR) is 113 cm³/mol. The normalized spacial score (nSPS) is 16.6. The van der Waals surface area contributed by atoms with Gasteiger partial charge in [0.15, 0.2) is 5.96 Å². The van der Waals surface area contributed by atoms with Crippen LogP contribution in [0.4, 0.5) is 0 Å². The van der Waals surface area contributed by atoms with Crippen molar-refractivity contribution in [3.63, 3.8) is 0 Å². The molecule has 2 N–H and O–H groups in total. The van der Waals surface area contributed by atoms with E-state index in [2.05, 4.69) is 53.8 Å². The molecule has 0 aromatic carbocycles. The van der Waals surface area contributed by atoms with Crippen molar-refractivity contribution in [2.24, 2.45) is 4.99 Å². The molecule has 27 heavy (non-hydrogen) atoms. The van der Waals surface area contributed by atoms with Crippen LogP contribution in [0, 0.1) is 6.92 Å². The first-order valence-electron chi connectivity index (χ1n) is 9.93. The molecule has 0 atom stereocenters. The SMILES string of the molecule is CN=C(NCCCCn1ccnc1C)NC1CCN(Cc2ccsc2)CC1. The highest BCUT2D eigenvalue weighted by atomic mass is 32.1. The average Bonchev–Trinajstić information content (AvgIpc) is 3.34. The van der Waals surface area contributed by atoms with Crippen LogP contribution in [0.1, 0.15) is 37.1 Å². The molecule has 3 rings (SSSR count). The lowest BCUT2D eigenvalue weighted by molar-refractivity contribution is 0.198. The average molecular weight is 389 g/mol. The lowest BCUT2D eigenvalue weighted by atomic mass is 10.0. The summed E-state index contributed by atoms with van der Waals surface area (Å²) in [6.07, 6.45) is 8.52. The Morgan fingerprint density at radius 1 is 1.33 bits per heavy atom. The van der Waals surface area contributed by atoms with E-state index >= 15 is 0 Å². The zero-order valence-electron chi connectivity index (χ0n) is 16.5. The van der Waals surface area contributed by atoms with Crippen molar-refractivity contribution < 1.29 is 0 Å². The molecule has 0 aliphatic carbocycles. The molecule has 0 spiro atoms. The molecule has 1 aliphatic heterocycles. The number of aromatic nitrogens is 2. The highest BCUT2D eigenvalue weighted by molar-refractivity contribution is 7.07. The molecule has 7 heteroatoms. The summed E-state index contributed by atoms with van der Waals surface area (Å²) < 4.78 is 2.21. The molecule has 1 saturated heterocycles. The van der Waals surface area contributed by atoms with Crippen LogP contribution in [-0.2, 0) is 13.1 Å². The molecule has 2 aromatic rings. The third kappa shape index (κ3) is 6.36. The minimum Gasteiger partial charge on any atom is -0.356 e. The molecule has 2 aromatic heterocycles. The summed E-state index contributed by atoms with van der Waals surface area (Å²) in [4.78, 5) is 11.2. The van der Waals surface area contributed by atoms with Crippen LogP contribution >= 0.6 is 11.3 Å². The number of unbranched alkanes of at least 4 members (excludes halogenated alkanes) is 1. The number of aryl methyl sites for hydroxylation is 2. The van der Waals surface area contributed by atoms with Gasteiger partial charge in [0.2, 0.25) is 0 Å². The van der Waals surface area contributed by atoms with Gasteiger partial charge in [-0.3, -0.25) is 9.89 Å². The quantitative estimate of drug-likeness (QED) is 0.415. The van der Waals surface area contributed by atoms with Crippen molar-refractivity contribution in [1.82, 2.24) is 25.1 Å². The number of nitrogens with one attached hydrogen (secondary N) is 2. The lowest BCUT2D eigenvalue weighted by Gasteiger charge is -2.32. The minimum absolute atomic E-state index is 0.517. The predicted octanol–water partition coefficient (Wildman–Crippen LogP) is 2.86. The monoisotopic (exact) mass is 388 g/mol. The Hall–Kier alpha value is -1.86. The first-order chi connectivity index (χ1) is 13.2. The van der Waals surface area contributed by atoms with Gasteiger partial charge in [0, 0.05) is 58.2 Å². The summed E-state index contributed by atoms with van der Waals surface area (Å²) in [7, 11) is 1.86. The number of piperidine rings is 1. The van der Waals surface area contributed by atoms with Crippen LogP contribution < -0.4 is 10.6 Å². The highest BCUT2D eigenvalue weighted by Gasteiger charge is 2.20. The van der Waals surface area contributed by atoms with Gasteiger partial charge in [-0.2, -0.15) is 11.3 Å². The Bertz CT molecular complexity index is 685. The fourth-order valence-electron chi connectivity index (χ4n) is 3.52. The molecule has 0 bridgehead atoms. The fraction of sp³-hybridized carbons (Fsp3) is 0.600. The van der Waals surface area contributed by atoms with Gasteiger partial charge in [0.25, 0.3) is 0 Å². The van der Waals surface area contributed by atoms with E-state index in [0.29, 0.717) is 6.04 Å². The van der Waals surface area contributed by atoms with Gasteiger partial charge in [0.05, 0.1) is 0 Å². The summed E-state index contributed by atoms with van der Waals surface area (Å²) >= 11 is 1.78. The molecule has 0 saturated carbocycles. The number of rotatable bonds is 8. The van der Waals surface area contributed by atoms with Gasteiger partial charge < -0.3 is 15.2 Å². The summed E-state index contributed by atoms with van der Waals surface area (Å²) in [5.74, 6) is 2.02. The topological polar surface area (TPSA) is 57.5 Å². The van der Waals surface area contributed by atoms with Crippen LogP contribution in [0.25, 0.3) is 0 Å². The van der Waals surface area contributed by atoms with Gasteiger partial charge in [-0.05, 0) is 55.0 Å². The van der Waals surface area contributed by atoms with Gasteiger partial charge >= 0.3 is 0 Å². The molecule has 0 radical (unpaired) electrons. The Labute approximate surface area is 166 Å². The Kier molecular flexibility index (Phi) is 7.71. The molecule has 0 amide bonds. The van der Waals surface area contributed by atoms with E-state index in [0.717, 1.165) is 57.3 Å². The molecular formula is C20H32N6S. The Balaban J connectivity index is 1.29. The van der Waals surface area contributed by atoms with Crippen LogP contribution in [0.2, 0.25) is 0 Å². The van der Waals surface area contributed by atoms with Crippen molar-refractivity contribution in [2.45, 2.75) is 51.7 Å². The smallest absolute Gasteiger partial charge is 0.191 e. The zero-order chi connectivity index (χ0) is 18.9. The first kappa shape index (κ1) is 19.9. The van der Waals surface area contributed by atoms with Crippen molar-refractivity contribution in [1.29, 1.82) is 0 Å². The maximum atomic E-state index is 4.39. The van der Waals surface area contributed by atoms with Gasteiger partial charge in [-0.15, -0.1) is 0 Å². The summed E-state index contributed by atoms with van der Waals surface area (Å²) in [6.45, 7) is 7.41. The number of imidazole rings is 1. The maximum absolute atomic E-state index is 4.39. The maximum Gasteiger partial charge on any atom is 0.191 e. The fourth-order valence-corrected chi connectivity index (χ4v) is 4.18. The van der Waals surface area contributed by atoms with Crippen LogP contribution in [0.3, 0.4) is 0 Å². The molecule has 6 nitrogen and oxygen atoms in total. The lowest BCUT2D eigenvalue weighted by Crippen LogP contribution is -2.48. The highest BCUT2D eigenvalue weighted by Crippen LogP contribution is 2.15. The van der Waals surface area contributed by atoms with Gasteiger partial charge in [-0.25, -0.2) is 4.98 Å². The molecule has 0 unspecified atom stereocenters. The van der Waals surface area contributed by atoms with Crippen molar-refractivity contribution in [3.8, 4) is 0 Å². The number of likely N-dealkylation sites (tertiary alicyclic amines) is 1. The van der Waals surface area contributed by atoms with Crippen molar-refractivity contribution in [3.05, 3.63) is 40.6 Å². The van der Waals surface area contributed by atoms with Crippen LogP contribution in [0.15, 0.2) is 34.2 Å². The second kappa shape index (κ2) is 10.5. The van der Waals surface area contributed by atoms with Crippen molar-refractivity contribution in [2.75, 3.05) is 26.7 Å². The molecule has 1 aliphatic rings.